The van der Waals surface area contributed by atoms with Gasteiger partial charge in [0, 0.05) is 122 Å². The molecule has 18 rings (SSSR count). The maximum atomic E-state index is 15.0. The zero-order valence-corrected chi connectivity index (χ0v) is 58.5. The molecular formula is C88H69BrN6O2P2. The van der Waals surface area contributed by atoms with Gasteiger partial charge in [0.25, 0.3) is 0 Å². The lowest BCUT2D eigenvalue weighted by molar-refractivity contribution is 0.591. The molecule has 12 aromatic carbocycles. The summed E-state index contributed by atoms with van der Waals surface area (Å²) in [5.74, 6) is 0. The summed E-state index contributed by atoms with van der Waals surface area (Å²) in [5, 5.41) is 9.58. The molecule has 0 radical (unpaired) electrons. The topological polar surface area (TPSA) is 87.1 Å². The van der Waals surface area contributed by atoms with E-state index < -0.39 is 14.3 Å². The van der Waals surface area contributed by atoms with Gasteiger partial charge in [-0.1, -0.05) is 213 Å². The van der Waals surface area contributed by atoms with E-state index >= 15 is 0 Å². The minimum Gasteiger partial charge on any atom is -0.355 e. The van der Waals surface area contributed by atoms with Crippen LogP contribution in [0.25, 0.3) is 49.3 Å². The van der Waals surface area contributed by atoms with Crippen molar-refractivity contribution in [3.8, 4) is 5.69 Å². The molecule has 0 amide bonds. The lowest BCUT2D eigenvalue weighted by Gasteiger charge is -2.42. The third-order valence-corrected chi connectivity index (χ3v) is 26.5. The third kappa shape index (κ3) is 10.8. The Hall–Kier alpha value is -10.9. The largest absolute Gasteiger partial charge is 0.355 e. The van der Waals surface area contributed by atoms with E-state index in [0.29, 0.717) is 0 Å². The molecule has 11 heteroatoms. The maximum absolute atomic E-state index is 15.0. The van der Waals surface area contributed by atoms with Crippen molar-refractivity contribution in [3.63, 3.8) is 0 Å². The molecule has 2 unspecified atom stereocenters. The van der Waals surface area contributed by atoms with Crippen LogP contribution in [-0.4, -0.2) is 19.5 Å². The van der Waals surface area contributed by atoms with E-state index in [1.807, 2.05) is 121 Å². The number of anilines is 6. The van der Waals surface area contributed by atoms with E-state index in [1.165, 1.54) is 83.3 Å². The summed E-state index contributed by atoms with van der Waals surface area (Å²) in [7, 11) is -6.01. The Morgan fingerprint density at radius 1 is 0.323 bits per heavy atom. The van der Waals surface area contributed by atoms with Gasteiger partial charge in [-0.25, -0.2) is 0 Å². The van der Waals surface area contributed by atoms with Gasteiger partial charge in [-0.2, -0.15) is 0 Å². The van der Waals surface area contributed by atoms with Crippen molar-refractivity contribution in [3.05, 3.63) is 367 Å². The number of benzene rings is 12. The summed E-state index contributed by atoms with van der Waals surface area (Å²) in [4.78, 5) is 16.8. The first-order valence-corrected chi connectivity index (χ1v) is 37.5. The van der Waals surface area contributed by atoms with Gasteiger partial charge in [0.15, 0.2) is 14.3 Å². The van der Waals surface area contributed by atoms with E-state index in [4.69, 9.17) is 0 Å². The zero-order valence-electron chi connectivity index (χ0n) is 55.2. The second kappa shape index (κ2) is 25.5. The SMILES string of the molecule is CC1(C)c2ccccc2N(c2ccc3[nH]c4ccccc4c3c2)c2ccccc21.CC1(C)c2ccccc2N(c2ccc3c(c2)c2ccccc2n3-c2ccc(P(=O)(c3ccccc3)c3cccnc3)cc2)c2ccccc21.O=P(c1ccccc1)(c1ccc(Br)cc1)c1cccnc1. The number of para-hydroxylation sites is 6. The predicted octanol–water partition coefficient (Wildman–Crippen LogP) is 20.8. The molecule has 0 saturated carbocycles. The summed E-state index contributed by atoms with van der Waals surface area (Å²) in [6, 6.07) is 109. The van der Waals surface area contributed by atoms with Crippen LogP contribution in [0.5, 0.6) is 0 Å². The van der Waals surface area contributed by atoms with Crippen molar-refractivity contribution in [2.75, 3.05) is 9.80 Å². The van der Waals surface area contributed by atoms with E-state index in [-0.39, 0.29) is 10.8 Å². The highest BCUT2D eigenvalue weighted by atomic mass is 79.9. The second-order valence-electron chi connectivity index (χ2n) is 26.2. The Balaban J connectivity index is 0.000000129. The summed E-state index contributed by atoms with van der Waals surface area (Å²) < 4.78 is 32.2. The standard InChI is InChI=1S/C44H34N3OP.C27H22N2.C17H13BrNOP/c1-44(2)38-17-7-10-20-42(38)47(43-21-11-8-18-39(43)44)32-24-27-41-37(29-32)36-16-6-9-19-40(36)46(41)31-22-25-34(26-23-31)49(48,33-13-4-3-5-14-33)35-15-12-28-45-30-35;1-27(2)21-10-4-7-13-25(21)29(26-14-8-5-11-22(26)27)18-15-16-24-20(17-18)19-9-3-6-12-23(19)28-24;18-14-8-10-16(11-9-14)21(20,15-5-2-1-3-6-15)17-7-4-12-19-13-17/h3-30H,1-2H3;3-17,28H,1-2H3;1-13H. The van der Waals surface area contributed by atoms with Gasteiger partial charge in [0.2, 0.25) is 0 Å². The number of aromatic amines is 1. The number of halogens is 1. The molecular weight excluding hydrogens is 1310 g/mol. The quantitative estimate of drug-likeness (QED) is 0.145. The number of hydrogen-bond donors (Lipinski definition) is 1. The molecule has 0 bridgehead atoms. The van der Waals surface area contributed by atoms with Crippen molar-refractivity contribution >= 4 is 140 Å². The Labute approximate surface area is 585 Å². The minimum atomic E-state index is -3.13. The molecule has 2 aliphatic heterocycles. The molecule has 16 aromatic rings. The van der Waals surface area contributed by atoms with Gasteiger partial charge in [-0.15, -0.1) is 0 Å². The van der Waals surface area contributed by atoms with Crippen LogP contribution in [0.1, 0.15) is 49.9 Å². The normalized spacial score (nSPS) is 14.5. The summed E-state index contributed by atoms with van der Waals surface area (Å²) in [6.07, 6.45) is 6.84. The molecule has 6 heterocycles. The Kier molecular flexibility index (Phi) is 16.2. The number of aromatic nitrogens is 4. The molecule has 0 saturated heterocycles. The van der Waals surface area contributed by atoms with Gasteiger partial charge in [0.05, 0.1) is 33.8 Å². The molecule has 480 valence electrons. The number of nitrogens with one attached hydrogen (secondary N) is 1. The molecule has 1 N–H and O–H groups in total. The molecule has 2 atom stereocenters. The van der Waals surface area contributed by atoms with Crippen LogP contribution in [0.3, 0.4) is 0 Å². The first kappa shape index (κ1) is 62.9. The summed E-state index contributed by atoms with van der Waals surface area (Å²) in [5.41, 5.74) is 18.1. The van der Waals surface area contributed by atoms with Gasteiger partial charge in [-0.3, -0.25) is 9.97 Å². The van der Waals surface area contributed by atoms with Gasteiger partial charge in [-0.05, 0) is 168 Å². The number of pyridine rings is 2. The molecule has 0 fully saturated rings. The van der Waals surface area contributed by atoms with Gasteiger partial charge < -0.3 is 28.5 Å². The van der Waals surface area contributed by atoms with Crippen LogP contribution < -0.4 is 41.6 Å². The first-order chi connectivity index (χ1) is 48.3. The van der Waals surface area contributed by atoms with Crippen molar-refractivity contribution in [2.45, 2.75) is 38.5 Å². The smallest absolute Gasteiger partial charge is 0.172 e. The highest BCUT2D eigenvalue weighted by Gasteiger charge is 2.39. The zero-order chi connectivity index (χ0) is 67.5. The van der Waals surface area contributed by atoms with Gasteiger partial charge >= 0.3 is 0 Å². The number of hydrogen-bond acceptors (Lipinski definition) is 6. The maximum Gasteiger partial charge on any atom is 0.172 e. The van der Waals surface area contributed by atoms with E-state index in [0.717, 1.165) is 58.7 Å². The molecule has 2 aliphatic rings. The lowest BCUT2D eigenvalue weighted by atomic mass is 9.73. The molecule has 99 heavy (non-hydrogen) atoms. The van der Waals surface area contributed by atoms with Crippen molar-refractivity contribution in [1.82, 2.24) is 19.5 Å². The Morgan fingerprint density at radius 3 is 1.17 bits per heavy atom. The van der Waals surface area contributed by atoms with E-state index in [9.17, 15) is 9.13 Å². The highest BCUT2D eigenvalue weighted by Crippen LogP contribution is 2.54. The fourth-order valence-electron chi connectivity index (χ4n) is 15.0. The minimum absolute atomic E-state index is 0.0332. The van der Waals surface area contributed by atoms with Crippen LogP contribution >= 0.6 is 30.2 Å². The molecule has 0 aliphatic carbocycles. The van der Waals surface area contributed by atoms with Crippen LogP contribution in [0, 0.1) is 0 Å². The Morgan fingerprint density at radius 2 is 0.687 bits per heavy atom. The van der Waals surface area contributed by atoms with Crippen LogP contribution in [0.15, 0.2) is 345 Å². The Bertz CT molecular complexity index is 5600. The second-order valence-corrected chi connectivity index (χ2v) is 32.7. The summed E-state index contributed by atoms with van der Waals surface area (Å²) in [6.45, 7) is 9.29. The fraction of sp³-hybridized carbons (Fsp3) is 0.0682. The first-order valence-electron chi connectivity index (χ1n) is 33.3. The molecule has 8 nitrogen and oxygen atoms in total. The lowest BCUT2D eigenvalue weighted by Crippen LogP contribution is -2.30. The van der Waals surface area contributed by atoms with Crippen LogP contribution in [0.2, 0.25) is 0 Å². The number of H-pyrrole nitrogens is 1. The highest BCUT2D eigenvalue weighted by molar-refractivity contribution is 9.10. The third-order valence-electron chi connectivity index (χ3n) is 19.9. The van der Waals surface area contributed by atoms with Crippen molar-refractivity contribution in [2.24, 2.45) is 0 Å². The van der Waals surface area contributed by atoms with E-state index in [1.54, 1.807) is 24.8 Å². The predicted molar refractivity (Wildman–Crippen MR) is 419 cm³/mol. The van der Waals surface area contributed by atoms with E-state index in [2.05, 4.69) is 267 Å². The monoisotopic (exact) mass is 1380 g/mol. The van der Waals surface area contributed by atoms with Crippen LogP contribution in [0.4, 0.5) is 34.1 Å². The fourth-order valence-corrected chi connectivity index (χ4v) is 20.4. The summed E-state index contributed by atoms with van der Waals surface area (Å²) >= 11 is 3.42. The van der Waals surface area contributed by atoms with Gasteiger partial charge in [0.1, 0.15) is 0 Å². The average molecular weight is 1380 g/mol. The average Bonchev–Trinajstić information content (AvgIpc) is 1.57. The number of nitrogens with zero attached hydrogens (tertiary/aromatic N) is 5. The van der Waals surface area contributed by atoms with Crippen LogP contribution in [-0.2, 0) is 20.0 Å². The number of fused-ring (bicyclic) bond motifs is 10. The molecule has 0 spiro atoms. The van der Waals surface area contributed by atoms with Crippen molar-refractivity contribution < 1.29 is 9.13 Å². The van der Waals surface area contributed by atoms with Crippen molar-refractivity contribution in [1.29, 1.82) is 0 Å². The number of rotatable bonds is 9. The molecule has 4 aromatic heterocycles.